The predicted molar refractivity (Wildman–Crippen MR) is 130 cm³/mol. The first-order valence-corrected chi connectivity index (χ1v) is 12.1. The van der Waals surface area contributed by atoms with Crippen LogP contribution in [0.1, 0.15) is 18.5 Å². The quantitative estimate of drug-likeness (QED) is 0.424. The lowest BCUT2D eigenvalue weighted by atomic mass is 10.1. The molecular formula is C24H25ClN2O6S. The second-order valence-electron chi connectivity index (χ2n) is 7.25. The van der Waals surface area contributed by atoms with Gasteiger partial charge in [0.1, 0.15) is 5.75 Å². The van der Waals surface area contributed by atoms with Gasteiger partial charge in [-0.1, -0.05) is 41.9 Å². The maximum Gasteiger partial charge on any atom is 0.262 e. The number of hydrogen-bond donors (Lipinski definition) is 2. The lowest BCUT2D eigenvalue weighted by Gasteiger charge is -2.15. The molecule has 3 aromatic carbocycles. The molecule has 180 valence electrons. The summed E-state index contributed by atoms with van der Waals surface area (Å²) in [6.07, 6.45) is 0. The van der Waals surface area contributed by atoms with Crippen LogP contribution >= 0.6 is 11.6 Å². The monoisotopic (exact) mass is 504 g/mol. The Kier molecular flexibility index (Phi) is 8.38. The van der Waals surface area contributed by atoms with Crippen LogP contribution in [0.3, 0.4) is 0 Å². The van der Waals surface area contributed by atoms with Crippen molar-refractivity contribution in [3.05, 3.63) is 77.3 Å². The first kappa shape index (κ1) is 25.4. The maximum atomic E-state index is 12.8. The molecule has 0 aliphatic heterocycles. The number of anilines is 1. The number of carbonyl (C=O) groups is 1. The van der Waals surface area contributed by atoms with Gasteiger partial charge in [-0.3, -0.25) is 4.79 Å². The van der Waals surface area contributed by atoms with Crippen LogP contribution in [0, 0.1) is 0 Å². The van der Waals surface area contributed by atoms with E-state index in [-0.39, 0.29) is 22.3 Å². The van der Waals surface area contributed by atoms with Gasteiger partial charge in [-0.2, -0.15) is 0 Å². The number of hydrogen-bond acceptors (Lipinski definition) is 6. The first-order chi connectivity index (χ1) is 16.2. The fraction of sp³-hybridized carbons (Fsp3) is 0.208. The molecule has 1 atom stereocenters. The number of ether oxygens (including phenoxy) is 3. The molecule has 0 aliphatic carbocycles. The lowest BCUT2D eigenvalue weighted by molar-refractivity contribution is -0.118. The summed E-state index contributed by atoms with van der Waals surface area (Å²) in [5, 5.41) is 2.75. The fourth-order valence-corrected chi connectivity index (χ4v) is 4.69. The van der Waals surface area contributed by atoms with Gasteiger partial charge in [-0.05, 0) is 42.8 Å². The topological polar surface area (TPSA) is 103 Å². The van der Waals surface area contributed by atoms with Crippen molar-refractivity contribution < 1.29 is 27.4 Å². The Morgan fingerprint density at radius 3 is 2.26 bits per heavy atom. The highest BCUT2D eigenvalue weighted by molar-refractivity contribution is 7.89. The van der Waals surface area contributed by atoms with Crippen molar-refractivity contribution in [2.45, 2.75) is 17.9 Å². The number of rotatable bonds is 10. The summed E-state index contributed by atoms with van der Waals surface area (Å²) >= 11 is 6.23. The van der Waals surface area contributed by atoms with E-state index in [1.54, 1.807) is 25.1 Å². The fourth-order valence-electron chi connectivity index (χ4n) is 3.13. The van der Waals surface area contributed by atoms with Crippen molar-refractivity contribution in [1.82, 2.24) is 4.72 Å². The molecule has 0 bridgehead atoms. The van der Waals surface area contributed by atoms with Gasteiger partial charge in [-0.15, -0.1) is 0 Å². The van der Waals surface area contributed by atoms with Gasteiger partial charge in [0.2, 0.25) is 10.0 Å². The smallest absolute Gasteiger partial charge is 0.262 e. The zero-order valence-corrected chi connectivity index (χ0v) is 20.4. The second-order valence-corrected chi connectivity index (χ2v) is 9.37. The summed E-state index contributed by atoms with van der Waals surface area (Å²) in [6, 6.07) is 17.8. The third-order valence-corrected chi connectivity index (χ3v) is 6.70. The summed E-state index contributed by atoms with van der Waals surface area (Å²) in [5.41, 5.74) is 1.33. The Labute approximate surface area is 203 Å². The number of benzene rings is 3. The van der Waals surface area contributed by atoms with Crippen molar-refractivity contribution in [1.29, 1.82) is 0 Å². The van der Waals surface area contributed by atoms with E-state index in [2.05, 4.69) is 10.0 Å². The van der Waals surface area contributed by atoms with Crippen LogP contribution in [0.15, 0.2) is 71.6 Å². The molecule has 2 N–H and O–H groups in total. The van der Waals surface area contributed by atoms with Gasteiger partial charge in [0.15, 0.2) is 18.1 Å². The largest absolute Gasteiger partial charge is 0.493 e. The van der Waals surface area contributed by atoms with Gasteiger partial charge in [0.25, 0.3) is 5.91 Å². The summed E-state index contributed by atoms with van der Waals surface area (Å²) in [6.45, 7) is 1.42. The minimum Gasteiger partial charge on any atom is -0.493 e. The molecule has 34 heavy (non-hydrogen) atoms. The van der Waals surface area contributed by atoms with Crippen LogP contribution in [0.2, 0.25) is 5.02 Å². The van der Waals surface area contributed by atoms with Crippen LogP contribution in [0.25, 0.3) is 0 Å². The molecular weight excluding hydrogens is 480 g/mol. The van der Waals surface area contributed by atoms with E-state index >= 15 is 0 Å². The van der Waals surface area contributed by atoms with E-state index in [1.807, 2.05) is 30.3 Å². The van der Waals surface area contributed by atoms with E-state index in [0.29, 0.717) is 17.2 Å². The van der Waals surface area contributed by atoms with Crippen LogP contribution in [0.5, 0.6) is 17.2 Å². The van der Waals surface area contributed by atoms with Gasteiger partial charge in [0, 0.05) is 17.8 Å². The lowest BCUT2D eigenvalue weighted by Crippen LogP contribution is -2.27. The van der Waals surface area contributed by atoms with Crippen LogP contribution in [-0.2, 0) is 14.8 Å². The van der Waals surface area contributed by atoms with Crippen LogP contribution in [-0.4, -0.2) is 35.2 Å². The molecule has 10 heteroatoms. The maximum absolute atomic E-state index is 12.8. The summed E-state index contributed by atoms with van der Waals surface area (Å²) in [7, 11) is -0.808. The van der Waals surface area contributed by atoms with E-state index in [0.717, 1.165) is 5.56 Å². The van der Waals surface area contributed by atoms with E-state index in [9.17, 15) is 13.2 Å². The molecule has 0 unspecified atom stereocenters. The first-order valence-electron chi connectivity index (χ1n) is 10.2. The molecule has 0 heterocycles. The Bertz CT molecular complexity index is 1250. The normalized spacial score (nSPS) is 12.0. The second kappa shape index (κ2) is 11.2. The molecule has 0 saturated heterocycles. The van der Waals surface area contributed by atoms with E-state index in [1.165, 1.54) is 32.4 Å². The predicted octanol–water partition coefficient (Wildman–Crippen LogP) is 4.41. The number of halogens is 1. The van der Waals surface area contributed by atoms with Crippen LogP contribution < -0.4 is 24.2 Å². The highest BCUT2D eigenvalue weighted by atomic mass is 35.5. The molecule has 0 aliphatic rings. The zero-order valence-electron chi connectivity index (χ0n) is 18.9. The minimum absolute atomic E-state index is 0.0117. The van der Waals surface area contributed by atoms with Crippen LogP contribution in [0.4, 0.5) is 5.69 Å². The summed E-state index contributed by atoms with van der Waals surface area (Å²) in [5.74, 6) is 0.750. The third-order valence-electron chi connectivity index (χ3n) is 4.87. The molecule has 0 saturated carbocycles. The number of nitrogens with one attached hydrogen (secondary N) is 2. The van der Waals surface area contributed by atoms with Crippen molar-refractivity contribution in [2.24, 2.45) is 0 Å². The molecule has 0 aromatic heterocycles. The molecule has 0 fully saturated rings. The van der Waals surface area contributed by atoms with Crippen molar-refractivity contribution in [2.75, 3.05) is 26.1 Å². The number of amides is 1. The molecule has 0 spiro atoms. The molecule has 1 amide bonds. The molecule has 0 radical (unpaired) electrons. The van der Waals surface area contributed by atoms with E-state index < -0.39 is 22.0 Å². The highest BCUT2D eigenvalue weighted by Gasteiger charge is 2.20. The summed E-state index contributed by atoms with van der Waals surface area (Å²) < 4.78 is 44.0. The van der Waals surface area contributed by atoms with Gasteiger partial charge >= 0.3 is 0 Å². The summed E-state index contributed by atoms with van der Waals surface area (Å²) in [4.78, 5) is 12.3. The van der Waals surface area contributed by atoms with Crippen molar-refractivity contribution in [3.63, 3.8) is 0 Å². The Morgan fingerprint density at radius 1 is 0.941 bits per heavy atom. The number of sulfonamides is 1. The van der Waals surface area contributed by atoms with Gasteiger partial charge < -0.3 is 19.5 Å². The van der Waals surface area contributed by atoms with Gasteiger partial charge in [0.05, 0.1) is 24.1 Å². The standard InChI is InChI=1S/C24H25ClN2O6S/c1-16(17-7-5-4-6-8-17)27-34(29,30)19-10-12-21(20(25)14-19)33-15-24(28)26-18-9-11-22(31-2)23(13-18)32-3/h4-14,16,27H,15H2,1-3H3,(H,26,28)/t16-/m0/s1. The van der Waals surface area contributed by atoms with Gasteiger partial charge in [-0.25, -0.2) is 13.1 Å². The van der Waals surface area contributed by atoms with Crippen molar-refractivity contribution >= 4 is 33.2 Å². The Morgan fingerprint density at radius 2 is 1.62 bits per heavy atom. The average molecular weight is 505 g/mol. The molecule has 8 nitrogen and oxygen atoms in total. The average Bonchev–Trinajstić information content (AvgIpc) is 2.83. The third kappa shape index (κ3) is 6.40. The molecule has 3 aromatic rings. The SMILES string of the molecule is COc1ccc(NC(=O)COc2ccc(S(=O)(=O)N[C@@H](C)c3ccccc3)cc2Cl)cc1OC. The Hall–Kier alpha value is -3.27. The Balaban J connectivity index is 1.62. The number of methoxy groups -OCH3 is 2. The highest BCUT2D eigenvalue weighted by Crippen LogP contribution is 2.30. The molecule has 3 rings (SSSR count). The van der Waals surface area contributed by atoms with E-state index in [4.69, 9.17) is 25.8 Å². The number of carbonyl (C=O) groups excluding carboxylic acids is 1. The zero-order chi connectivity index (χ0) is 24.7. The minimum atomic E-state index is -3.82. The van der Waals surface area contributed by atoms with Crippen molar-refractivity contribution in [3.8, 4) is 17.2 Å².